The van der Waals surface area contributed by atoms with Crippen LogP contribution in [0.5, 0.6) is 0 Å². The average Bonchev–Trinajstić information content (AvgIpc) is 2.21. The molecule has 0 nitrogen and oxygen atoms in total. The molecule has 0 saturated carbocycles. The van der Waals surface area contributed by atoms with Crippen LogP contribution in [0.25, 0.3) is 0 Å². The molecule has 1 aliphatic heterocycles. The third-order valence-corrected chi connectivity index (χ3v) is 3.29. The van der Waals surface area contributed by atoms with Crippen LogP contribution in [-0.2, 0) is 6.42 Å². The zero-order valence-corrected chi connectivity index (χ0v) is 7.74. The number of hydrogen-bond donors (Lipinski definition) is 0. The molecule has 1 aromatic rings. The Morgan fingerprint density at radius 1 is 1.27 bits per heavy atom. The van der Waals surface area contributed by atoms with Gasteiger partial charge in [-0.1, -0.05) is 32.0 Å². The van der Waals surface area contributed by atoms with Crippen LogP contribution in [0.15, 0.2) is 29.2 Å². The summed E-state index contributed by atoms with van der Waals surface area (Å²) in [6.07, 6.45) is 1.22. The zero-order valence-electron chi connectivity index (χ0n) is 6.92. The molecule has 58 valence electrons. The zero-order chi connectivity index (χ0) is 7.90. The first-order chi connectivity index (χ1) is 5.17. The van der Waals surface area contributed by atoms with E-state index in [9.17, 15) is 0 Å². The number of hydrogen-bond acceptors (Lipinski definition) is 1. The maximum atomic E-state index is 2.30. The van der Waals surface area contributed by atoms with Crippen LogP contribution in [0.1, 0.15) is 19.4 Å². The van der Waals surface area contributed by atoms with Gasteiger partial charge in [-0.05, 0) is 18.1 Å². The van der Waals surface area contributed by atoms with E-state index >= 15 is 0 Å². The van der Waals surface area contributed by atoms with Gasteiger partial charge in [0.25, 0.3) is 0 Å². The molecule has 0 fully saturated rings. The molecule has 1 heterocycles. The molecule has 0 bridgehead atoms. The summed E-state index contributed by atoms with van der Waals surface area (Å²) in [6.45, 7) is 4.61. The number of thioether (sulfide) groups is 1. The predicted molar refractivity (Wildman–Crippen MR) is 50.1 cm³/mol. The van der Waals surface area contributed by atoms with E-state index in [1.807, 2.05) is 11.8 Å². The maximum absolute atomic E-state index is 2.30. The molecule has 0 spiro atoms. The minimum Gasteiger partial charge on any atom is -0.119 e. The van der Waals surface area contributed by atoms with Gasteiger partial charge in [0, 0.05) is 9.64 Å². The molecule has 0 aromatic heterocycles. The lowest BCUT2D eigenvalue weighted by Crippen LogP contribution is -2.11. The van der Waals surface area contributed by atoms with Crippen LogP contribution in [0.3, 0.4) is 0 Å². The Hall–Kier alpha value is -0.430. The fourth-order valence-electron chi connectivity index (χ4n) is 1.54. The third kappa shape index (κ3) is 1.30. The fraction of sp³-hybridized carbons (Fsp3) is 0.400. The van der Waals surface area contributed by atoms with E-state index in [2.05, 4.69) is 38.1 Å². The fourth-order valence-corrected chi connectivity index (χ4v) is 2.78. The highest BCUT2D eigenvalue weighted by Gasteiger charge is 2.28. The Balaban J connectivity index is 2.41. The molecule has 2 rings (SSSR count). The lowest BCUT2D eigenvalue weighted by molar-refractivity contribution is 0.724. The molecule has 0 N–H and O–H groups in total. The average molecular weight is 164 g/mol. The van der Waals surface area contributed by atoms with Gasteiger partial charge < -0.3 is 0 Å². The van der Waals surface area contributed by atoms with Crippen LogP contribution < -0.4 is 0 Å². The van der Waals surface area contributed by atoms with Crippen molar-refractivity contribution in [3.8, 4) is 0 Å². The highest BCUT2D eigenvalue weighted by molar-refractivity contribution is 8.01. The van der Waals surface area contributed by atoms with E-state index in [4.69, 9.17) is 0 Å². The molecule has 1 heteroatoms. The Bertz CT molecular complexity index is 249. The van der Waals surface area contributed by atoms with Gasteiger partial charge in [0.05, 0.1) is 0 Å². The summed E-state index contributed by atoms with van der Waals surface area (Å²) in [5.74, 6) is 0. The first kappa shape index (κ1) is 7.23. The van der Waals surface area contributed by atoms with Gasteiger partial charge >= 0.3 is 0 Å². The predicted octanol–water partition coefficient (Wildman–Crippen LogP) is 3.11. The van der Waals surface area contributed by atoms with E-state index in [1.165, 1.54) is 16.9 Å². The Morgan fingerprint density at radius 3 is 2.73 bits per heavy atom. The largest absolute Gasteiger partial charge is 0.119 e. The number of fused-ring (bicyclic) bond motifs is 1. The first-order valence-corrected chi connectivity index (χ1v) is 4.76. The van der Waals surface area contributed by atoms with Crippen molar-refractivity contribution in [2.75, 3.05) is 0 Å². The summed E-state index contributed by atoms with van der Waals surface area (Å²) < 4.78 is 0.420. The van der Waals surface area contributed by atoms with Crippen LogP contribution in [-0.4, -0.2) is 4.75 Å². The van der Waals surface area contributed by atoms with E-state index in [0.29, 0.717) is 4.75 Å². The van der Waals surface area contributed by atoms with E-state index in [-0.39, 0.29) is 0 Å². The van der Waals surface area contributed by atoms with Crippen molar-refractivity contribution in [2.45, 2.75) is 29.9 Å². The van der Waals surface area contributed by atoms with Crippen molar-refractivity contribution in [3.05, 3.63) is 29.8 Å². The second-order valence-electron chi connectivity index (χ2n) is 3.65. The number of benzene rings is 1. The normalized spacial score (nSPS) is 19.8. The molecule has 11 heavy (non-hydrogen) atoms. The molecule has 1 aliphatic rings. The quantitative estimate of drug-likeness (QED) is 0.567. The van der Waals surface area contributed by atoms with Gasteiger partial charge in [0.15, 0.2) is 0 Å². The standard InChI is InChI=1S/C10H12S/c1-10(2)7-8-5-3-4-6-9(8)11-10/h3-6H,7H2,1-2H3. The maximum Gasteiger partial charge on any atom is 0.0191 e. The summed E-state index contributed by atoms with van der Waals surface area (Å²) in [5, 5.41) is 0. The monoisotopic (exact) mass is 164 g/mol. The van der Waals surface area contributed by atoms with Gasteiger partial charge in [-0.15, -0.1) is 11.8 Å². The highest BCUT2D eigenvalue weighted by Crippen LogP contribution is 2.44. The molecule has 0 saturated heterocycles. The Kier molecular flexibility index (Phi) is 1.50. The van der Waals surface area contributed by atoms with E-state index < -0.39 is 0 Å². The lowest BCUT2D eigenvalue weighted by atomic mass is 10.0. The summed E-state index contributed by atoms with van der Waals surface area (Å²) >= 11 is 1.99. The van der Waals surface area contributed by atoms with Gasteiger partial charge in [0.2, 0.25) is 0 Å². The summed E-state index contributed by atoms with van der Waals surface area (Å²) in [4.78, 5) is 1.47. The Morgan fingerprint density at radius 2 is 2.00 bits per heavy atom. The highest BCUT2D eigenvalue weighted by atomic mass is 32.2. The second-order valence-corrected chi connectivity index (χ2v) is 5.40. The summed E-state index contributed by atoms with van der Waals surface area (Å²) in [5.41, 5.74) is 1.52. The summed E-state index contributed by atoms with van der Waals surface area (Å²) in [6, 6.07) is 8.69. The minimum absolute atomic E-state index is 0.420. The molecular weight excluding hydrogens is 152 g/mol. The molecule has 1 aromatic carbocycles. The van der Waals surface area contributed by atoms with Crippen molar-refractivity contribution >= 4 is 11.8 Å². The van der Waals surface area contributed by atoms with E-state index in [0.717, 1.165) is 0 Å². The molecular formula is C10H12S. The number of rotatable bonds is 0. The smallest absolute Gasteiger partial charge is 0.0191 e. The van der Waals surface area contributed by atoms with Crippen LogP contribution in [0, 0.1) is 0 Å². The molecule has 0 atom stereocenters. The van der Waals surface area contributed by atoms with Crippen LogP contribution >= 0.6 is 11.8 Å². The topological polar surface area (TPSA) is 0 Å². The van der Waals surface area contributed by atoms with Crippen LogP contribution in [0.4, 0.5) is 0 Å². The van der Waals surface area contributed by atoms with E-state index in [1.54, 1.807) is 0 Å². The Labute approximate surface area is 72.0 Å². The third-order valence-electron chi connectivity index (χ3n) is 1.98. The lowest BCUT2D eigenvalue weighted by Gasteiger charge is -2.13. The van der Waals surface area contributed by atoms with Gasteiger partial charge in [0.1, 0.15) is 0 Å². The van der Waals surface area contributed by atoms with Gasteiger partial charge in [-0.25, -0.2) is 0 Å². The van der Waals surface area contributed by atoms with Gasteiger partial charge in [-0.3, -0.25) is 0 Å². The molecule has 0 amide bonds. The van der Waals surface area contributed by atoms with Crippen LogP contribution in [0.2, 0.25) is 0 Å². The minimum atomic E-state index is 0.420. The second kappa shape index (κ2) is 2.28. The van der Waals surface area contributed by atoms with Crippen molar-refractivity contribution < 1.29 is 0 Å². The van der Waals surface area contributed by atoms with Gasteiger partial charge in [-0.2, -0.15) is 0 Å². The summed E-state index contributed by atoms with van der Waals surface area (Å²) in [7, 11) is 0. The molecule has 0 aliphatic carbocycles. The molecule has 0 radical (unpaired) electrons. The molecule has 0 unspecified atom stereocenters. The van der Waals surface area contributed by atoms with Crippen molar-refractivity contribution in [1.29, 1.82) is 0 Å². The van der Waals surface area contributed by atoms with Crippen molar-refractivity contribution in [1.82, 2.24) is 0 Å². The van der Waals surface area contributed by atoms with Crippen molar-refractivity contribution in [2.24, 2.45) is 0 Å². The first-order valence-electron chi connectivity index (χ1n) is 3.94. The SMILES string of the molecule is CC1(C)Cc2ccccc2S1. The van der Waals surface area contributed by atoms with Crippen molar-refractivity contribution in [3.63, 3.8) is 0 Å².